The number of esters is 1. The van der Waals surface area contributed by atoms with E-state index in [4.69, 9.17) is 36.0 Å². The van der Waals surface area contributed by atoms with Crippen molar-refractivity contribution in [3.8, 4) is 23.3 Å². The van der Waals surface area contributed by atoms with E-state index in [2.05, 4.69) is 6.07 Å². The Morgan fingerprint density at radius 1 is 0.976 bits per heavy atom. The Morgan fingerprint density at radius 3 is 2.45 bits per heavy atom. The van der Waals surface area contributed by atoms with E-state index in [0.29, 0.717) is 39.8 Å². The molecule has 8 heteroatoms. The molecule has 0 fully saturated rings. The second-order valence-corrected chi connectivity index (χ2v) is 10.5. The number of carbonyl (C=O) groups excluding carboxylic acids is 1. The van der Waals surface area contributed by atoms with E-state index in [-0.39, 0.29) is 23.0 Å². The summed E-state index contributed by atoms with van der Waals surface area (Å²) in [7, 11) is 0. The van der Waals surface area contributed by atoms with Gasteiger partial charge in [0, 0.05) is 27.6 Å². The summed E-state index contributed by atoms with van der Waals surface area (Å²) in [6, 6.07) is 27.9. The first-order valence-corrected chi connectivity index (χ1v) is 13.6. The maximum absolute atomic E-state index is 13.0. The summed E-state index contributed by atoms with van der Waals surface area (Å²) >= 11 is 5.96. The molecule has 0 aliphatic carbocycles. The highest BCUT2D eigenvalue weighted by Gasteiger charge is 2.31. The number of hydrogen-bond acceptors (Lipinski definition) is 7. The van der Waals surface area contributed by atoms with Crippen LogP contribution in [-0.2, 0) is 6.61 Å². The molecule has 0 amide bonds. The van der Waals surface area contributed by atoms with Crippen molar-refractivity contribution in [1.29, 1.82) is 5.26 Å². The molecule has 7 nitrogen and oxygen atoms in total. The lowest BCUT2D eigenvalue weighted by molar-refractivity contribution is 0.0702. The Morgan fingerprint density at radius 2 is 1.71 bits per heavy atom. The lowest BCUT2D eigenvalue weighted by Crippen LogP contribution is -2.21. The van der Waals surface area contributed by atoms with Gasteiger partial charge in [-0.1, -0.05) is 53.6 Å². The molecule has 6 rings (SSSR count). The molecule has 42 heavy (non-hydrogen) atoms. The number of fused-ring (bicyclic) bond motifs is 2. The van der Waals surface area contributed by atoms with Crippen molar-refractivity contribution in [2.45, 2.75) is 26.4 Å². The molecule has 2 N–H and O–H groups in total. The maximum atomic E-state index is 13.0. The molecular formula is C34H25ClN2O5. The lowest BCUT2D eigenvalue weighted by atomic mass is 9.83. The first-order chi connectivity index (χ1) is 20.3. The molecular weight excluding hydrogens is 552 g/mol. The van der Waals surface area contributed by atoms with Crippen molar-refractivity contribution in [1.82, 2.24) is 0 Å². The van der Waals surface area contributed by atoms with Crippen LogP contribution in [0.4, 0.5) is 0 Å². The summed E-state index contributed by atoms with van der Waals surface area (Å²) in [4.78, 5) is 13.0. The average molecular weight is 577 g/mol. The second kappa shape index (κ2) is 11.0. The number of allylic oxidation sites excluding steroid dienone is 1. The highest BCUT2D eigenvalue weighted by atomic mass is 35.5. The predicted octanol–water partition coefficient (Wildman–Crippen LogP) is 7.72. The van der Waals surface area contributed by atoms with E-state index < -0.39 is 11.9 Å². The van der Waals surface area contributed by atoms with Gasteiger partial charge in [-0.15, -0.1) is 0 Å². The molecule has 5 aromatic rings. The van der Waals surface area contributed by atoms with Crippen molar-refractivity contribution in [3.63, 3.8) is 0 Å². The van der Waals surface area contributed by atoms with Gasteiger partial charge in [-0.25, -0.2) is 4.79 Å². The molecule has 1 aromatic heterocycles. The van der Waals surface area contributed by atoms with Gasteiger partial charge in [0.2, 0.25) is 11.6 Å². The number of carbonyl (C=O) groups is 1. The third-order valence-electron chi connectivity index (χ3n) is 7.21. The fourth-order valence-electron chi connectivity index (χ4n) is 5.03. The van der Waals surface area contributed by atoms with Crippen LogP contribution in [0.15, 0.2) is 101 Å². The van der Waals surface area contributed by atoms with E-state index in [1.165, 1.54) is 0 Å². The minimum atomic E-state index is -0.621. The van der Waals surface area contributed by atoms with Gasteiger partial charge in [0.25, 0.3) is 0 Å². The van der Waals surface area contributed by atoms with Gasteiger partial charge in [-0.3, -0.25) is 0 Å². The normalized spacial score (nSPS) is 14.2. The number of halogens is 1. The van der Waals surface area contributed by atoms with Gasteiger partial charge in [0.15, 0.2) is 0 Å². The summed E-state index contributed by atoms with van der Waals surface area (Å²) in [5.74, 6) is 0.352. The van der Waals surface area contributed by atoms with Crippen molar-refractivity contribution in [2.75, 3.05) is 0 Å². The highest BCUT2D eigenvalue weighted by molar-refractivity contribution is 6.30. The molecule has 4 aromatic carbocycles. The smallest absolute Gasteiger partial charge is 0.379 e. The van der Waals surface area contributed by atoms with Crippen molar-refractivity contribution in [3.05, 3.63) is 135 Å². The first-order valence-electron chi connectivity index (χ1n) is 13.2. The SMILES string of the molecule is Cc1ccc2oc(C(=O)Oc3ccc4c(c3)OC(N)=C(C#N)C4c3ccc(OCc4ccc(Cl)cc4)cc3)c(C)c2c1. The summed E-state index contributed by atoms with van der Waals surface area (Å²) in [6.07, 6.45) is 0. The van der Waals surface area contributed by atoms with E-state index in [1.54, 1.807) is 18.2 Å². The summed E-state index contributed by atoms with van der Waals surface area (Å²) < 4.78 is 23.2. The Labute approximate surface area is 247 Å². The zero-order valence-corrected chi connectivity index (χ0v) is 23.6. The van der Waals surface area contributed by atoms with Crippen molar-refractivity contribution >= 4 is 28.5 Å². The predicted molar refractivity (Wildman–Crippen MR) is 159 cm³/mol. The number of aryl methyl sites for hydroxylation is 2. The van der Waals surface area contributed by atoms with Gasteiger partial charge in [-0.2, -0.15) is 5.26 Å². The second-order valence-electron chi connectivity index (χ2n) is 10.1. The van der Waals surface area contributed by atoms with Crippen molar-refractivity contribution < 1.29 is 23.4 Å². The minimum Gasteiger partial charge on any atom is -0.489 e. The van der Waals surface area contributed by atoms with E-state index in [0.717, 1.165) is 22.1 Å². The average Bonchev–Trinajstić information content (AvgIpc) is 3.32. The summed E-state index contributed by atoms with van der Waals surface area (Å²) in [5, 5.41) is 11.5. The highest BCUT2D eigenvalue weighted by Crippen LogP contribution is 2.44. The Hall–Kier alpha value is -5.19. The molecule has 1 atom stereocenters. The molecule has 1 aliphatic heterocycles. The number of nitrogens with zero attached hydrogens (tertiary/aromatic N) is 1. The van der Waals surface area contributed by atoms with Crippen LogP contribution in [0.1, 0.15) is 44.3 Å². The van der Waals surface area contributed by atoms with Crippen LogP contribution < -0.4 is 19.9 Å². The third-order valence-corrected chi connectivity index (χ3v) is 7.46. The number of hydrogen-bond donors (Lipinski definition) is 1. The van der Waals surface area contributed by atoms with Crippen LogP contribution >= 0.6 is 11.6 Å². The summed E-state index contributed by atoms with van der Waals surface area (Å²) in [6.45, 7) is 4.19. The number of furan rings is 1. The number of nitrogens with two attached hydrogens (primary N) is 1. The topological polar surface area (TPSA) is 108 Å². The fraction of sp³-hybridized carbons (Fsp3) is 0.118. The van der Waals surface area contributed by atoms with Crippen LogP contribution in [0.3, 0.4) is 0 Å². The number of ether oxygens (including phenoxy) is 3. The Bertz CT molecular complexity index is 1900. The number of rotatable bonds is 6. The number of nitriles is 1. The fourth-order valence-corrected chi connectivity index (χ4v) is 5.15. The van der Waals surface area contributed by atoms with E-state index in [9.17, 15) is 10.1 Å². The molecule has 208 valence electrons. The molecule has 0 saturated heterocycles. The zero-order valence-electron chi connectivity index (χ0n) is 22.8. The molecule has 0 saturated carbocycles. The number of benzene rings is 4. The molecule has 0 spiro atoms. The van der Waals surface area contributed by atoms with Crippen molar-refractivity contribution in [2.24, 2.45) is 5.73 Å². The Balaban J connectivity index is 1.24. The minimum absolute atomic E-state index is 0.00922. The molecule has 2 heterocycles. The standard InChI is InChI=1S/C34H25ClN2O5/c1-19-3-14-29-27(15-19)20(2)32(41-29)34(38)40-25-12-13-26-30(16-25)42-33(37)28(17-36)31(26)22-6-10-24(11-7-22)39-18-21-4-8-23(35)9-5-21/h3-16,31H,18,37H2,1-2H3. The zero-order chi connectivity index (χ0) is 29.4. The van der Waals surface area contributed by atoms with Gasteiger partial charge < -0.3 is 24.4 Å². The van der Waals surface area contributed by atoms with Crippen LogP contribution in [0.2, 0.25) is 5.02 Å². The van der Waals surface area contributed by atoms with Crippen LogP contribution in [0.25, 0.3) is 11.0 Å². The summed E-state index contributed by atoms with van der Waals surface area (Å²) in [5.41, 5.74) is 11.4. The Kier molecular flexibility index (Phi) is 7.07. The van der Waals surface area contributed by atoms with Gasteiger partial charge >= 0.3 is 5.97 Å². The third kappa shape index (κ3) is 5.16. The lowest BCUT2D eigenvalue weighted by Gasteiger charge is -2.26. The molecule has 1 unspecified atom stereocenters. The van der Waals surface area contributed by atoms with Gasteiger partial charge in [0.05, 0.1) is 5.92 Å². The largest absolute Gasteiger partial charge is 0.489 e. The molecule has 0 radical (unpaired) electrons. The van der Waals surface area contributed by atoms with Gasteiger partial charge in [0.1, 0.15) is 41.1 Å². The van der Waals surface area contributed by atoms with Crippen LogP contribution in [0.5, 0.6) is 17.2 Å². The van der Waals surface area contributed by atoms with Gasteiger partial charge in [-0.05, 0) is 67.4 Å². The first kappa shape index (κ1) is 27.0. The molecule has 0 bridgehead atoms. The quantitative estimate of drug-likeness (QED) is 0.163. The van der Waals surface area contributed by atoms with E-state index in [1.807, 2.05) is 80.6 Å². The van der Waals surface area contributed by atoms with Crippen LogP contribution in [-0.4, -0.2) is 5.97 Å². The van der Waals surface area contributed by atoms with E-state index >= 15 is 0 Å². The monoisotopic (exact) mass is 576 g/mol. The maximum Gasteiger partial charge on any atom is 0.379 e. The molecule has 1 aliphatic rings. The van der Waals surface area contributed by atoms with Crippen LogP contribution in [0, 0.1) is 25.2 Å².